The summed E-state index contributed by atoms with van der Waals surface area (Å²) in [5.41, 5.74) is 6.77. The topological polar surface area (TPSA) is 97.0 Å². The number of hydrogen-bond donors (Lipinski definition) is 2. The van der Waals surface area contributed by atoms with E-state index in [4.69, 9.17) is 10.5 Å². The predicted molar refractivity (Wildman–Crippen MR) is 89.6 cm³/mol. The Balaban J connectivity index is 2.08. The average molecular weight is 340 g/mol. The SMILES string of the molecule is CC(C)NS(=O)(=O)c1cccc(CN=C(N)N2CCOCC2)c1. The van der Waals surface area contributed by atoms with E-state index in [1.807, 2.05) is 11.0 Å². The molecular formula is C15H24N4O3S. The van der Waals surface area contributed by atoms with E-state index in [-0.39, 0.29) is 10.9 Å². The third-order valence-corrected chi connectivity index (χ3v) is 5.01. The van der Waals surface area contributed by atoms with E-state index in [9.17, 15) is 8.42 Å². The third-order valence-electron chi connectivity index (χ3n) is 3.36. The summed E-state index contributed by atoms with van der Waals surface area (Å²) in [5.74, 6) is 0.460. The highest BCUT2D eigenvalue weighted by Gasteiger charge is 2.16. The Hall–Kier alpha value is -1.64. The fourth-order valence-electron chi connectivity index (χ4n) is 2.25. The number of nitrogens with zero attached hydrogens (tertiary/aromatic N) is 2. The molecule has 1 aliphatic heterocycles. The number of hydrogen-bond acceptors (Lipinski definition) is 4. The molecule has 1 saturated heterocycles. The van der Waals surface area contributed by atoms with Gasteiger partial charge in [-0.05, 0) is 31.5 Å². The lowest BCUT2D eigenvalue weighted by molar-refractivity contribution is 0.0674. The zero-order chi connectivity index (χ0) is 16.9. The first-order chi connectivity index (χ1) is 10.9. The number of benzene rings is 1. The van der Waals surface area contributed by atoms with E-state index < -0.39 is 10.0 Å². The minimum atomic E-state index is -3.50. The second kappa shape index (κ2) is 7.76. The summed E-state index contributed by atoms with van der Waals surface area (Å²) in [6.07, 6.45) is 0. The minimum absolute atomic E-state index is 0.154. The van der Waals surface area contributed by atoms with Crippen molar-refractivity contribution < 1.29 is 13.2 Å². The molecule has 2 rings (SSSR count). The largest absolute Gasteiger partial charge is 0.378 e. The van der Waals surface area contributed by atoms with Crippen LogP contribution in [0.5, 0.6) is 0 Å². The maximum Gasteiger partial charge on any atom is 0.240 e. The predicted octanol–water partition coefficient (Wildman–Crippen LogP) is 0.520. The molecule has 0 spiro atoms. The number of morpholine rings is 1. The van der Waals surface area contributed by atoms with Crippen LogP contribution >= 0.6 is 0 Å². The van der Waals surface area contributed by atoms with Crippen LogP contribution in [0.15, 0.2) is 34.2 Å². The summed E-state index contributed by atoms with van der Waals surface area (Å²) in [5, 5.41) is 0. The van der Waals surface area contributed by atoms with Crippen molar-refractivity contribution in [1.82, 2.24) is 9.62 Å². The molecule has 0 amide bonds. The first kappa shape index (κ1) is 17.7. The molecule has 0 saturated carbocycles. The molecule has 1 aromatic rings. The van der Waals surface area contributed by atoms with Crippen molar-refractivity contribution >= 4 is 16.0 Å². The molecule has 1 heterocycles. The Morgan fingerprint density at radius 1 is 1.39 bits per heavy atom. The summed E-state index contributed by atoms with van der Waals surface area (Å²) in [6.45, 7) is 6.65. The number of sulfonamides is 1. The molecule has 0 bridgehead atoms. The van der Waals surface area contributed by atoms with Gasteiger partial charge in [0.2, 0.25) is 10.0 Å². The summed E-state index contributed by atoms with van der Waals surface area (Å²) in [6, 6.07) is 6.60. The Morgan fingerprint density at radius 3 is 2.74 bits per heavy atom. The Labute approximate surface area is 137 Å². The molecule has 0 radical (unpaired) electrons. The summed E-state index contributed by atoms with van der Waals surface area (Å²) >= 11 is 0. The molecule has 0 atom stereocenters. The number of nitrogens with one attached hydrogen (secondary N) is 1. The van der Waals surface area contributed by atoms with Crippen LogP contribution in [0, 0.1) is 0 Å². The van der Waals surface area contributed by atoms with Gasteiger partial charge in [-0.3, -0.25) is 0 Å². The van der Waals surface area contributed by atoms with E-state index in [0.29, 0.717) is 25.7 Å². The van der Waals surface area contributed by atoms with Gasteiger partial charge in [-0.15, -0.1) is 0 Å². The Bertz CT molecular complexity index is 652. The lowest BCUT2D eigenvalue weighted by Crippen LogP contribution is -2.44. The molecule has 1 aromatic carbocycles. The Morgan fingerprint density at radius 2 is 2.09 bits per heavy atom. The van der Waals surface area contributed by atoms with Crippen LogP contribution in [0.25, 0.3) is 0 Å². The molecule has 7 nitrogen and oxygen atoms in total. The van der Waals surface area contributed by atoms with Crippen LogP contribution in [0.2, 0.25) is 0 Å². The molecule has 1 fully saturated rings. The van der Waals surface area contributed by atoms with Crippen molar-refractivity contribution in [3.63, 3.8) is 0 Å². The zero-order valence-electron chi connectivity index (χ0n) is 13.5. The standard InChI is InChI=1S/C15H24N4O3S/c1-12(2)18-23(20,21)14-5-3-4-13(10-14)11-17-15(16)19-6-8-22-9-7-19/h3-5,10,12,18H,6-9,11H2,1-2H3,(H2,16,17). The van der Waals surface area contributed by atoms with Crippen LogP contribution in [-0.2, 0) is 21.3 Å². The lowest BCUT2D eigenvalue weighted by Gasteiger charge is -2.27. The van der Waals surface area contributed by atoms with E-state index in [1.54, 1.807) is 32.0 Å². The number of guanidine groups is 1. The molecule has 3 N–H and O–H groups in total. The third kappa shape index (κ3) is 5.19. The number of rotatable bonds is 5. The smallest absolute Gasteiger partial charge is 0.240 e. The van der Waals surface area contributed by atoms with Gasteiger partial charge in [0.15, 0.2) is 5.96 Å². The van der Waals surface area contributed by atoms with Crippen molar-refractivity contribution in [2.24, 2.45) is 10.7 Å². The van der Waals surface area contributed by atoms with Gasteiger partial charge in [0, 0.05) is 19.1 Å². The molecule has 0 aliphatic carbocycles. The molecular weight excluding hydrogens is 316 g/mol. The maximum atomic E-state index is 12.2. The molecule has 8 heteroatoms. The van der Waals surface area contributed by atoms with Crippen molar-refractivity contribution in [3.8, 4) is 0 Å². The minimum Gasteiger partial charge on any atom is -0.378 e. The van der Waals surface area contributed by atoms with Gasteiger partial charge >= 0.3 is 0 Å². The van der Waals surface area contributed by atoms with E-state index in [1.165, 1.54) is 0 Å². The van der Waals surface area contributed by atoms with Crippen LogP contribution in [0.1, 0.15) is 19.4 Å². The van der Waals surface area contributed by atoms with Crippen molar-refractivity contribution in [2.75, 3.05) is 26.3 Å². The van der Waals surface area contributed by atoms with Crippen molar-refractivity contribution in [3.05, 3.63) is 29.8 Å². The van der Waals surface area contributed by atoms with Crippen LogP contribution in [0.3, 0.4) is 0 Å². The molecule has 0 aromatic heterocycles. The second-order valence-corrected chi connectivity index (χ2v) is 7.41. The highest BCUT2D eigenvalue weighted by molar-refractivity contribution is 7.89. The van der Waals surface area contributed by atoms with Gasteiger partial charge in [0.05, 0.1) is 24.7 Å². The monoisotopic (exact) mass is 340 g/mol. The molecule has 1 aliphatic rings. The number of nitrogens with two attached hydrogens (primary N) is 1. The van der Waals surface area contributed by atoms with E-state index in [0.717, 1.165) is 18.7 Å². The quantitative estimate of drug-likeness (QED) is 0.602. The maximum absolute atomic E-state index is 12.2. The lowest BCUT2D eigenvalue weighted by atomic mass is 10.2. The van der Waals surface area contributed by atoms with Gasteiger partial charge in [-0.2, -0.15) is 0 Å². The van der Waals surface area contributed by atoms with E-state index >= 15 is 0 Å². The Kier molecular flexibility index (Phi) is 5.97. The molecule has 23 heavy (non-hydrogen) atoms. The van der Waals surface area contributed by atoms with Gasteiger partial charge in [-0.25, -0.2) is 18.1 Å². The first-order valence-corrected chi connectivity index (χ1v) is 9.10. The summed E-state index contributed by atoms with van der Waals surface area (Å²) in [7, 11) is -3.50. The van der Waals surface area contributed by atoms with Gasteiger partial charge in [0.25, 0.3) is 0 Å². The van der Waals surface area contributed by atoms with Gasteiger partial charge in [0.1, 0.15) is 0 Å². The highest BCUT2D eigenvalue weighted by atomic mass is 32.2. The summed E-state index contributed by atoms with van der Waals surface area (Å²) in [4.78, 5) is 6.55. The average Bonchev–Trinajstić information content (AvgIpc) is 2.52. The van der Waals surface area contributed by atoms with Crippen LogP contribution in [-0.4, -0.2) is 51.6 Å². The van der Waals surface area contributed by atoms with Gasteiger partial charge in [-0.1, -0.05) is 12.1 Å². The first-order valence-electron chi connectivity index (χ1n) is 7.62. The fourth-order valence-corrected chi connectivity index (χ4v) is 3.58. The van der Waals surface area contributed by atoms with Crippen LogP contribution < -0.4 is 10.5 Å². The number of ether oxygens (including phenoxy) is 1. The summed E-state index contributed by atoms with van der Waals surface area (Å²) < 4.78 is 32.2. The van der Waals surface area contributed by atoms with Gasteiger partial charge < -0.3 is 15.4 Å². The normalized spacial score (nSPS) is 16.8. The molecule has 128 valence electrons. The van der Waals surface area contributed by atoms with E-state index in [2.05, 4.69) is 9.71 Å². The highest BCUT2D eigenvalue weighted by Crippen LogP contribution is 2.13. The van der Waals surface area contributed by atoms with Crippen LogP contribution in [0.4, 0.5) is 0 Å². The fraction of sp³-hybridized carbons (Fsp3) is 0.533. The van der Waals surface area contributed by atoms with Crippen molar-refractivity contribution in [1.29, 1.82) is 0 Å². The zero-order valence-corrected chi connectivity index (χ0v) is 14.3. The van der Waals surface area contributed by atoms with Crippen molar-refractivity contribution in [2.45, 2.75) is 31.3 Å². The molecule has 0 unspecified atom stereocenters. The number of aliphatic imine (C=N–C) groups is 1. The second-order valence-electron chi connectivity index (χ2n) is 5.70.